The van der Waals surface area contributed by atoms with Crippen molar-refractivity contribution in [3.8, 4) is 0 Å². The van der Waals surface area contributed by atoms with Gasteiger partial charge in [-0.3, -0.25) is 9.59 Å². The van der Waals surface area contributed by atoms with E-state index < -0.39 is 11.6 Å². The Balaban J connectivity index is 1.70. The van der Waals surface area contributed by atoms with Crippen molar-refractivity contribution in [3.05, 3.63) is 58.1 Å². The van der Waals surface area contributed by atoms with Crippen molar-refractivity contribution < 1.29 is 18.4 Å². The van der Waals surface area contributed by atoms with E-state index >= 15 is 0 Å². The van der Waals surface area contributed by atoms with Crippen LogP contribution in [0.15, 0.2) is 30.3 Å². The smallest absolute Gasteiger partial charge is 0.258 e. The molecule has 0 aliphatic carbocycles. The van der Waals surface area contributed by atoms with E-state index in [2.05, 4.69) is 0 Å². The summed E-state index contributed by atoms with van der Waals surface area (Å²) in [5.74, 6) is -2.24. The summed E-state index contributed by atoms with van der Waals surface area (Å²) in [7, 11) is 0. The Bertz CT molecular complexity index is 948. The standard InChI is InChI=1S/C20H17ClF2N2O2/c21-14-6-5-13(10-18(14)24-7-2-4-19(24)26)20(27)25-8-1-3-12-9-15(22)16(23)11-17(12)25/h5-6,9-11H,1-4,7-8H2. The maximum absolute atomic E-state index is 13.7. The summed E-state index contributed by atoms with van der Waals surface area (Å²) < 4.78 is 27.3. The zero-order valence-electron chi connectivity index (χ0n) is 14.5. The van der Waals surface area contributed by atoms with E-state index in [1.165, 1.54) is 4.90 Å². The second-order valence-corrected chi connectivity index (χ2v) is 7.18. The average Bonchev–Trinajstić information content (AvgIpc) is 3.08. The van der Waals surface area contributed by atoms with Gasteiger partial charge in [-0.05, 0) is 49.1 Å². The molecule has 1 saturated heterocycles. The minimum absolute atomic E-state index is 0.0256. The number of amides is 2. The number of hydrogen-bond donors (Lipinski definition) is 0. The van der Waals surface area contributed by atoms with E-state index in [-0.39, 0.29) is 11.8 Å². The minimum atomic E-state index is -0.979. The maximum atomic E-state index is 13.7. The van der Waals surface area contributed by atoms with Crippen LogP contribution in [0.5, 0.6) is 0 Å². The molecule has 2 heterocycles. The van der Waals surface area contributed by atoms with Crippen molar-refractivity contribution in [1.29, 1.82) is 0 Å². The Hall–Kier alpha value is -2.47. The molecule has 0 spiro atoms. The third kappa shape index (κ3) is 3.18. The second kappa shape index (κ2) is 6.93. The lowest BCUT2D eigenvalue weighted by Gasteiger charge is -2.30. The zero-order valence-corrected chi connectivity index (χ0v) is 15.2. The first-order valence-corrected chi connectivity index (χ1v) is 9.23. The summed E-state index contributed by atoms with van der Waals surface area (Å²) in [6, 6.07) is 7.00. The molecular weight excluding hydrogens is 374 g/mol. The molecule has 0 bridgehead atoms. The molecule has 0 unspecified atom stereocenters. The first-order valence-electron chi connectivity index (χ1n) is 8.85. The van der Waals surface area contributed by atoms with E-state index in [1.54, 1.807) is 23.1 Å². The molecule has 4 rings (SSSR count). The SMILES string of the molecule is O=C1CCCN1c1cc(C(=O)N2CCCc3cc(F)c(F)cc32)ccc1Cl. The lowest BCUT2D eigenvalue weighted by Crippen LogP contribution is -2.36. The van der Waals surface area contributed by atoms with Gasteiger partial charge in [0.25, 0.3) is 5.91 Å². The average molecular weight is 391 g/mol. The Morgan fingerprint density at radius 1 is 0.963 bits per heavy atom. The van der Waals surface area contributed by atoms with E-state index in [1.807, 2.05) is 0 Å². The van der Waals surface area contributed by atoms with Gasteiger partial charge in [0.1, 0.15) is 0 Å². The molecule has 27 heavy (non-hydrogen) atoms. The third-order valence-corrected chi connectivity index (χ3v) is 5.36. The van der Waals surface area contributed by atoms with Crippen molar-refractivity contribution >= 4 is 34.8 Å². The fourth-order valence-corrected chi connectivity index (χ4v) is 3.92. The van der Waals surface area contributed by atoms with Gasteiger partial charge in [0.05, 0.1) is 16.4 Å². The number of aryl methyl sites for hydroxylation is 1. The van der Waals surface area contributed by atoms with Crippen LogP contribution in [-0.2, 0) is 11.2 Å². The Morgan fingerprint density at radius 2 is 1.70 bits per heavy atom. The highest BCUT2D eigenvalue weighted by molar-refractivity contribution is 6.34. The van der Waals surface area contributed by atoms with Gasteiger partial charge in [-0.1, -0.05) is 11.6 Å². The molecule has 0 atom stereocenters. The Labute approximate surface area is 160 Å². The monoisotopic (exact) mass is 390 g/mol. The number of nitrogens with zero attached hydrogens (tertiary/aromatic N) is 2. The largest absolute Gasteiger partial charge is 0.311 e. The van der Waals surface area contributed by atoms with Crippen molar-refractivity contribution in [2.45, 2.75) is 25.7 Å². The van der Waals surface area contributed by atoms with E-state index in [9.17, 15) is 18.4 Å². The number of carbonyl (C=O) groups is 2. The molecule has 0 aromatic heterocycles. The van der Waals surface area contributed by atoms with Crippen LogP contribution in [0.2, 0.25) is 5.02 Å². The molecular formula is C20H17ClF2N2O2. The van der Waals surface area contributed by atoms with Gasteiger partial charge in [-0.2, -0.15) is 0 Å². The highest BCUT2D eigenvalue weighted by atomic mass is 35.5. The number of carbonyl (C=O) groups excluding carboxylic acids is 2. The van der Waals surface area contributed by atoms with Crippen molar-refractivity contribution in [3.63, 3.8) is 0 Å². The molecule has 0 radical (unpaired) electrons. The normalized spacial score (nSPS) is 16.6. The number of hydrogen-bond acceptors (Lipinski definition) is 2. The predicted octanol–water partition coefficient (Wildman–Crippen LogP) is 4.34. The molecule has 7 heteroatoms. The summed E-state index contributed by atoms with van der Waals surface area (Å²) in [4.78, 5) is 28.2. The van der Waals surface area contributed by atoms with Crippen molar-refractivity contribution in [2.24, 2.45) is 0 Å². The van der Waals surface area contributed by atoms with Crippen LogP contribution in [0.1, 0.15) is 35.2 Å². The van der Waals surface area contributed by atoms with Crippen LogP contribution in [0.4, 0.5) is 20.2 Å². The molecule has 0 N–H and O–H groups in total. The van der Waals surface area contributed by atoms with E-state index in [0.29, 0.717) is 59.9 Å². The predicted molar refractivity (Wildman–Crippen MR) is 99.4 cm³/mol. The number of rotatable bonds is 2. The van der Waals surface area contributed by atoms with Crippen LogP contribution in [0.25, 0.3) is 0 Å². The summed E-state index contributed by atoms with van der Waals surface area (Å²) in [5, 5.41) is 0.397. The van der Waals surface area contributed by atoms with Crippen LogP contribution >= 0.6 is 11.6 Å². The van der Waals surface area contributed by atoms with Gasteiger partial charge in [-0.15, -0.1) is 0 Å². The fourth-order valence-electron chi connectivity index (χ4n) is 3.70. The molecule has 2 aromatic carbocycles. The number of halogens is 3. The molecule has 1 fully saturated rings. The van der Waals surface area contributed by atoms with Crippen molar-refractivity contribution in [1.82, 2.24) is 0 Å². The van der Waals surface area contributed by atoms with E-state index in [4.69, 9.17) is 11.6 Å². The number of fused-ring (bicyclic) bond motifs is 1. The molecule has 2 aromatic rings. The highest BCUT2D eigenvalue weighted by Crippen LogP contribution is 2.33. The van der Waals surface area contributed by atoms with E-state index in [0.717, 1.165) is 18.6 Å². The van der Waals surface area contributed by atoms with Crippen LogP contribution in [0.3, 0.4) is 0 Å². The Morgan fingerprint density at radius 3 is 2.44 bits per heavy atom. The van der Waals surface area contributed by atoms with Crippen LogP contribution in [-0.4, -0.2) is 24.9 Å². The summed E-state index contributed by atoms with van der Waals surface area (Å²) in [5.41, 5.74) is 1.86. The fraction of sp³-hybridized carbons (Fsp3) is 0.300. The quantitative estimate of drug-likeness (QED) is 0.765. The zero-order chi connectivity index (χ0) is 19.1. The maximum Gasteiger partial charge on any atom is 0.258 e. The number of anilines is 2. The van der Waals surface area contributed by atoms with Gasteiger partial charge in [0.2, 0.25) is 5.91 Å². The van der Waals surface area contributed by atoms with Gasteiger partial charge < -0.3 is 9.80 Å². The Kier molecular flexibility index (Phi) is 4.60. The van der Waals surface area contributed by atoms with Gasteiger partial charge in [-0.25, -0.2) is 8.78 Å². The van der Waals surface area contributed by atoms with Crippen LogP contribution < -0.4 is 9.80 Å². The van der Waals surface area contributed by atoms with Crippen LogP contribution in [0, 0.1) is 11.6 Å². The summed E-state index contributed by atoms with van der Waals surface area (Å²) in [6.45, 7) is 0.977. The molecule has 0 saturated carbocycles. The number of benzene rings is 2. The third-order valence-electron chi connectivity index (χ3n) is 5.04. The first kappa shape index (κ1) is 17.9. The minimum Gasteiger partial charge on any atom is -0.311 e. The second-order valence-electron chi connectivity index (χ2n) is 6.77. The first-order chi connectivity index (χ1) is 13.0. The van der Waals surface area contributed by atoms with Gasteiger partial charge in [0.15, 0.2) is 11.6 Å². The van der Waals surface area contributed by atoms with Crippen molar-refractivity contribution in [2.75, 3.05) is 22.9 Å². The van der Waals surface area contributed by atoms with Gasteiger partial charge in [0, 0.05) is 31.1 Å². The molecule has 2 aliphatic rings. The highest BCUT2D eigenvalue weighted by Gasteiger charge is 2.28. The lowest BCUT2D eigenvalue weighted by molar-refractivity contribution is -0.117. The summed E-state index contributed by atoms with van der Waals surface area (Å²) in [6.07, 6.45) is 2.45. The van der Waals surface area contributed by atoms with Gasteiger partial charge >= 0.3 is 0 Å². The molecule has 140 valence electrons. The molecule has 2 amide bonds. The topological polar surface area (TPSA) is 40.6 Å². The summed E-state index contributed by atoms with van der Waals surface area (Å²) >= 11 is 6.24. The molecule has 2 aliphatic heterocycles. The molecule has 4 nitrogen and oxygen atoms in total. The lowest BCUT2D eigenvalue weighted by atomic mass is 10.00.